The average molecular weight is 277 g/mol. The lowest BCUT2D eigenvalue weighted by Gasteiger charge is -2.01. The number of aromatic nitrogens is 2. The molecule has 0 unspecified atom stereocenters. The van der Waals surface area contributed by atoms with Crippen LogP contribution >= 0.6 is 11.3 Å². The van der Waals surface area contributed by atoms with E-state index in [9.17, 15) is 4.79 Å². The summed E-state index contributed by atoms with van der Waals surface area (Å²) in [5.74, 6) is -0.208. The van der Waals surface area contributed by atoms with Crippen LogP contribution in [0.15, 0.2) is 29.8 Å². The second-order valence-electron chi connectivity index (χ2n) is 3.86. The van der Waals surface area contributed by atoms with Crippen molar-refractivity contribution in [3.05, 3.63) is 35.5 Å². The lowest BCUT2D eigenvalue weighted by Crippen LogP contribution is -2.18. The summed E-state index contributed by atoms with van der Waals surface area (Å²) in [6, 6.07) is 5.76. The summed E-state index contributed by atoms with van der Waals surface area (Å²) in [7, 11) is 1.39. The molecule has 0 saturated heterocycles. The molecule has 2 heterocycles. The Labute approximate surface area is 115 Å². The molecule has 6 heteroatoms. The van der Waals surface area contributed by atoms with Crippen LogP contribution in [-0.2, 0) is 16.1 Å². The van der Waals surface area contributed by atoms with Crippen LogP contribution in [0, 0.1) is 0 Å². The molecule has 2 rings (SSSR count). The Hall–Kier alpha value is -1.79. The zero-order valence-corrected chi connectivity index (χ0v) is 11.4. The van der Waals surface area contributed by atoms with Gasteiger partial charge in [0.15, 0.2) is 0 Å². The van der Waals surface area contributed by atoms with Crippen molar-refractivity contribution < 1.29 is 9.53 Å². The number of rotatable bonds is 6. The lowest BCUT2D eigenvalue weighted by molar-refractivity contribution is -0.140. The number of nitrogens with zero attached hydrogens (tertiary/aromatic N) is 2. The van der Waals surface area contributed by atoms with Gasteiger partial charge in [-0.1, -0.05) is 6.07 Å². The van der Waals surface area contributed by atoms with E-state index in [4.69, 9.17) is 0 Å². The number of esters is 1. The van der Waals surface area contributed by atoms with Gasteiger partial charge in [0, 0.05) is 24.7 Å². The Morgan fingerprint density at radius 3 is 3.11 bits per heavy atom. The predicted molar refractivity (Wildman–Crippen MR) is 73.7 cm³/mol. The molecular weight excluding hydrogens is 262 g/mol. The molecule has 0 aliphatic carbocycles. The van der Waals surface area contributed by atoms with E-state index in [1.807, 2.05) is 23.6 Å². The average Bonchev–Trinajstić information content (AvgIpc) is 2.93. The van der Waals surface area contributed by atoms with Crippen molar-refractivity contribution in [2.45, 2.75) is 13.0 Å². The van der Waals surface area contributed by atoms with Gasteiger partial charge < -0.3 is 10.1 Å². The van der Waals surface area contributed by atoms with Crippen LogP contribution in [0.4, 0.5) is 0 Å². The molecule has 19 heavy (non-hydrogen) atoms. The van der Waals surface area contributed by atoms with Crippen LogP contribution in [0.2, 0.25) is 0 Å². The number of methoxy groups -OCH3 is 1. The van der Waals surface area contributed by atoms with Gasteiger partial charge in [0.1, 0.15) is 5.01 Å². The Balaban J connectivity index is 1.83. The lowest BCUT2D eigenvalue weighted by atomic mass is 10.3. The minimum atomic E-state index is -0.208. The van der Waals surface area contributed by atoms with E-state index in [1.165, 1.54) is 7.11 Å². The number of hydrogen-bond acceptors (Lipinski definition) is 6. The highest BCUT2D eigenvalue weighted by Gasteiger charge is 2.05. The standard InChI is InChI=1S/C13H15N3O2S/c1-18-12(17)5-7-14-8-10-9-19-13(16-10)11-4-2-3-6-15-11/h2-4,6,9,14H,5,7-8H2,1H3. The van der Waals surface area contributed by atoms with Crippen molar-refractivity contribution in [1.29, 1.82) is 0 Å². The van der Waals surface area contributed by atoms with Gasteiger partial charge >= 0.3 is 5.97 Å². The van der Waals surface area contributed by atoms with E-state index in [-0.39, 0.29) is 5.97 Å². The molecule has 0 bridgehead atoms. The molecule has 0 aliphatic heterocycles. The molecule has 5 nitrogen and oxygen atoms in total. The summed E-state index contributed by atoms with van der Waals surface area (Å²) in [4.78, 5) is 19.7. The first-order valence-electron chi connectivity index (χ1n) is 5.93. The van der Waals surface area contributed by atoms with Gasteiger partial charge in [-0.05, 0) is 12.1 Å². The predicted octanol–water partition coefficient (Wildman–Crippen LogP) is 1.86. The molecule has 100 valence electrons. The summed E-state index contributed by atoms with van der Waals surface area (Å²) in [5.41, 5.74) is 1.84. The molecule has 0 amide bonds. The number of thiazole rings is 1. The van der Waals surface area contributed by atoms with Gasteiger partial charge in [0.05, 0.1) is 24.9 Å². The quantitative estimate of drug-likeness (QED) is 0.645. The molecule has 0 spiro atoms. The van der Waals surface area contributed by atoms with Crippen molar-refractivity contribution in [1.82, 2.24) is 15.3 Å². The normalized spacial score (nSPS) is 10.4. The molecule has 0 fully saturated rings. The number of carbonyl (C=O) groups is 1. The number of nitrogens with one attached hydrogen (secondary N) is 1. The maximum absolute atomic E-state index is 10.9. The summed E-state index contributed by atoms with van der Waals surface area (Å²) >= 11 is 1.57. The van der Waals surface area contributed by atoms with Crippen LogP contribution in [0.3, 0.4) is 0 Å². The van der Waals surface area contributed by atoms with Crippen molar-refractivity contribution in [2.75, 3.05) is 13.7 Å². The van der Waals surface area contributed by atoms with Crippen molar-refractivity contribution >= 4 is 17.3 Å². The summed E-state index contributed by atoms with van der Waals surface area (Å²) in [5, 5.41) is 6.06. The Kier molecular flexibility index (Phi) is 5.00. The highest BCUT2D eigenvalue weighted by Crippen LogP contribution is 2.20. The fourth-order valence-corrected chi connectivity index (χ4v) is 2.30. The zero-order valence-electron chi connectivity index (χ0n) is 10.6. The maximum atomic E-state index is 10.9. The Bertz CT molecular complexity index is 528. The Morgan fingerprint density at radius 2 is 2.37 bits per heavy atom. The second kappa shape index (κ2) is 6.96. The third kappa shape index (κ3) is 4.11. The highest BCUT2D eigenvalue weighted by molar-refractivity contribution is 7.13. The zero-order chi connectivity index (χ0) is 13.5. The first kappa shape index (κ1) is 13.6. The van der Waals surface area contributed by atoms with Crippen LogP contribution in [0.5, 0.6) is 0 Å². The fraction of sp³-hybridized carbons (Fsp3) is 0.308. The summed E-state index contributed by atoms with van der Waals surface area (Å²) in [6.07, 6.45) is 2.12. The van der Waals surface area contributed by atoms with Crippen molar-refractivity contribution in [3.8, 4) is 10.7 Å². The maximum Gasteiger partial charge on any atom is 0.306 e. The molecule has 1 N–H and O–H groups in total. The number of carbonyl (C=O) groups excluding carboxylic acids is 1. The van der Waals surface area contributed by atoms with Crippen LogP contribution in [0.25, 0.3) is 10.7 Å². The first-order chi connectivity index (χ1) is 9.29. The second-order valence-corrected chi connectivity index (χ2v) is 4.72. The largest absolute Gasteiger partial charge is 0.469 e. The molecule has 2 aromatic heterocycles. The minimum Gasteiger partial charge on any atom is -0.469 e. The summed E-state index contributed by atoms with van der Waals surface area (Å²) < 4.78 is 4.56. The highest BCUT2D eigenvalue weighted by atomic mass is 32.1. The third-order valence-electron chi connectivity index (χ3n) is 2.48. The van der Waals surface area contributed by atoms with Gasteiger partial charge in [-0.15, -0.1) is 11.3 Å². The molecule has 0 radical (unpaired) electrons. The number of pyridine rings is 1. The van der Waals surface area contributed by atoms with E-state index in [2.05, 4.69) is 20.0 Å². The van der Waals surface area contributed by atoms with Gasteiger partial charge in [0.2, 0.25) is 0 Å². The van der Waals surface area contributed by atoms with Gasteiger partial charge in [-0.2, -0.15) is 0 Å². The van der Waals surface area contributed by atoms with Crippen molar-refractivity contribution in [3.63, 3.8) is 0 Å². The minimum absolute atomic E-state index is 0.208. The third-order valence-corrected chi connectivity index (χ3v) is 3.39. The Morgan fingerprint density at radius 1 is 1.47 bits per heavy atom. The monoisotopic (exact) mass is 277 g/mol. The fourth-order valence-electron chi connectivity index (χ4n) is 1.50. The first-order valence-corrected chi connectivity index (χ1v) is 6.81. The van der Waals surface area contributed by atoms with E-state index >= 15 is 0 Å². The smallest absolute Gasteiger partial charge is 0.306 e. The van der Waals surface area contributed by atoms with E-state index in [0.29, 0.717) is 19.5 Å². The van der Waals surface area contributed by atoms with E-state index in [1.54, 1.807) is 17.5 Å². The van der Waals surface area contributed by atoms with E-state index in [0.717, 1.165) is 16.4 Å². The van der Waals surface area contributed by atoms with Crippen LogP contribution in [0.1, 0.15) is 12.1 Å². The van der Waals surface area contributed by atoms with Gasteiger partial charge in [-0.3, -0.25) is 9.78 Å². The van der Waals surface area contributed by atoms with Crippen LogP contribution < -0.4 is 5.32 Å². The SMILES string of the molecule is COC(=O)CCNCc1csc(-c2ccccn2)n1. The summed E-state index contributed by atoms with van der Waals surface area (Å²) in [6.45, 7) is 1.23. The molecule has 0 aromatic carbocycles. The molecule has 0 saturated carbocycles. The topological polar surface area (TPSA) is 64.1 Å². The molecular formula is C13H15N3O2S. The van der Waals surface area contributed by atoms with E-state index < -0.39 is 0 Å². The molecule has 2 aromatic rings. The number of hydrogen-bond donors (Lipinski definition) is 1. The van der Waals surface area contributed by atoms with Crippen LogP contribution in [-0.4, -0.2) is 29.6 Å². The number of ether oxygens (including phenoxy) is 1. The molecule has 0 atom stereocenters. The molecule has 0 aliphatic rings. The van der Waals surface area contributed by atoms with Gasteiger partial charge in [0.25, 0.3) is 0 Å². The van der Waals surface area contributed by atoms with Crippen molar-refractivity contribution in [2.24, 2.45) is 0 Å². The van der Waals surface area contributed by atoms with Gasteiger partial charge in [-0.25, -0.2) is 4.98 Å².